The van der Waals surface area contributed by atoms with Crippen molar-refractivity contribution >= 4 is 22.8 Å². The van der Waals surface area contributed by atoms with Crippen molar-refractivity contribution in [1.29, 1.82) is 0 Å². The van der Waals surface area contributed by atoms with Gasteiger partial charge in [-0.25, -0.2) is 4.79 Å². The molecule has 0 bridgehead atoms. The average molecular weight is 320 g/mol. The molecule has 1 aromatic heterocycles. The molecule has 0 spiro atoms. The highest BCUT2D eigenvalue weighted by atomic mass is 16.6. The average Bonchev–Trinajstić information content (AvgIpc) is 2.60. The lowest BCUT2D eigenvalue weighted by atomic mass is 9.98. The SMILES string of the molecule is O=C(C1=Cc2ccccc2O[C@@H]1O)c1cc2ccccc2oc1=O. The number of rotatable bonds is 2. The van der Waals surface area contributed by atoms with E-state index < -0.39 is 17.7 Å². The fraction of sp³-hybridized carbons (Fsp3) is 0.0526. The van der Waals surface area contributed by atoms with Crippen molar-refractivity contribution in [2.24, 2.45) is 0 Å². The molecular weight excluding hydrogens is 308 g/mol. The second kappa shape index (κ2) is 5.47. The second-order valence-electron chi connectivity index (χ2n) is 5.42. The Morgan fingerprint density at radius 1 is 1.04 bits per heavy atom. The van der Waals surface area contributed by atoms with Gasteiger partial charge in [0.25, 0.3) is 0 Å². The van der Waals surface area contributed by atoms with E-state index in [9.17, 15) is 14.7 Å². The van der Waals surface area contributed by atoms with Gasteiger partial charge in [-0.2, -0.15) is 0 Å². The van der Waals surface area contributed by atoms with E-state index in [-0.39, 0.29) is 11.1 Å². The van der Waals surface area contributed by atoms with Gasteiger partial charge in [0.1, 0.15) is 16.9 Å². The van der Waals surface area contributed by atoms with Crippen molar-refractivity contribution in [3.05, 3.63) is 81.7 Å². The molecule has 5 nitrogen and oxygen atoms in total. The van der Waals surface area contributed by atoms with E-state index in [1.165, 1.54) is 12.1 Å². The highest BCUT2D eigenvalue weighted by Crippen LogP contribution is 2.30. The smallest absolute Gasteiger partial charge is 0.347 e. The Morgan fingerprint density at radius 3 is 2.67 bits per heavy atom. The molecule has 1 atom stereocenters. The van der Waals surface area contributed by atoms with Crippen LogP contribution in [0.5, 0.6) is 5.75 Å². The van der Waals surface area contributed by atoms with Gasteiger partial charge < -0.3 is 14.3 Å². The summed E-state index contributed by atoms with van der Waals surface area (Å²) in [5, 5.41) is 10.7. The minimum atomic E-state index is -1.43. The van der Waals surface area contributed by atoms with Gasteiger partial charge >= 0.3 is 5.63 Å². The number of benzene rings is 2. The Bertz CT molecular complexity index is 1040. The molecule has 0 saturated heterocycles. The zero-order valence-electron chi connectivity index (χ0n) is 12.4. The maximum absolute atomic E-state index is 12.7. The van der Waals surface area contributed by atoms with Crippen molar-refractivity contribution in [2.75, 3.05) is 0 Å². The van der Waals surface area contributed by atoms with Gasteiger partial charge in [-0.05, 0) is 24.3 Å². The van der Waals surface area contributed by atoms with E-state index in [0.29, 0.717) is 22.3 Å². The van der Waals surface area contributed by atoms with Gasteiger partial charge in [0.2, 0.25) is 12.1 Å². The number of ether oxygens (including phenoxy) is 1. The molecule has 1 N–H and O–H groups in total. The number of hydrogen-bond acceptors (Lipinski definition) is 5. The number of Topliss-reactive ketones (excluding diaryl/α,β-unsaturated/α-hetero) is 1. The first-order valence-electron chi connectivity index (χ1n) is 7.36. The number of carbonyl (C=O) groups is 1. The van der Waals surface area contributed by atoms with Crippen LogP contribution < -0.4 is 10.4 Å². The fourth-order valence-corrected chi connectivity index (χ4v) is 2.68. The van der Waals surface area contributed by atoms with Crippen LogP contribution in [-0.2, 0) is 0 Å². The van der Waals surface area contributed by atoms with Gasteiger partial charge in [0.05, 0.1) is 5.57 Å². The molecule has 0 fully saturated rings. The van der Waals surface area contributed by atoms with Crippen molar-refractivity contribution in [1.82, 2.24) is 0 Å². The van der Waals surface area contributed by atoms with E-state index in [0.717, 1.165) is 0 Å². The predicted octanol–water partition coefficient (Wildman–Crippen LogP) is 2.77. The Kier molecular flexibility index (Phi) is 3.29. The lowest BCUT2D eigenvalue weighted by molar-refractivity contribution is 0.0123. The number of para-hydroxylation sites is 2. The monoisotopic (exact) mass is 320 g/mol. The summed E-state index contributed by atoms with van der Waals surface area (Å²) in [6, 6.07) is 15.4. The molecule has 1 aliphatic rings. The molecule has 4 rings (SSSR count). The fourth-order valence-electron chi connectivity index (χ4n) is 2.68. The lowest BCUT2D eigenvalue weighted by Crippen LogP contribution is -2.29. The van der Waals surface area contributed by atoms with E-state index in [4.69, 9.17) is 9.15 Å². The number of fused-ring (bicyclic) bond motifs is 2. The molecule has 118 valence electrons. The van der Waals surface area contributed by atoms with Crippen LogP contribution in [0, 0.1) is 0 Å². The third kappa shape index (κ3) is 2.31. The summed E-state index contributed by atoms with van der Waals surface area (Å²) in [5.41, 5.74) is 0.180. The van der Waals surface area contributed by atoms with Gasteiger partial charge in [0, 0.05) is 10.9 Å². The van der Waals surface area contributed by atoms with Crippen LogP contribution in [0.4, 0.5) is 0 Å². The van der Waals surface area contributed by atoms with Gasteiger partial charge in [0.15, 0.2) is 0 Å². The van der Waals surface area contributed by atoms with Crippen LogP contribution in [0.2, 0.25) is 0 Å². The zero-order chi connectivity index (χ0) is 16.7. The van der Waals surface area contributed by atoms with Gasteiger partial charge in [-0.1, -0.05) is 36.4 Å². The summed E-state index contributed by atoms with van der Waals surface area (Å²) in [5.74, 6) is -0.136. The minimum absolute atomic E-state index is 0.00344. The molecule has 0 unspecified atom stereocenters. The largest absolute Gasteiger partial charge is 0.460 e. The highest BCUT2D eigenvalue weighted by molar-refractivity contribution is 6.13. The van der Waals surface area contributed by atoms with E-state index in [1.54, 1.807) is 48.5 Å². The molecular formula is C19H12O5. The quantitative estimate of drug-likeness (QED) is 0.580. The summed E-state index contributed by atoms with van der Waals surface area (Å²) < 4.78 is 10.5. The first kappa shape index (κ1) is 14.4. The van der Waals surface area contributed by atoms with E-state index >= 15 is 0 Å². The Hall–Kier alpha value is -3.18. The van der Waals surface area contributed by atoms with Crippen LogP contribution in [-0.4, -0.2) is 17.2 Å². The van der Waals surface area contributed by atoms with Crippen LogP contribution in [0.15, 0.2) is 69.4 Å². The molecule has 2 aromatic carbocycles. The Morgan fingerprint density at radius 2 is 1.79 bits per heavy atom. The lowest BCUT2D eigenvalue weighted by Gasteiger charge is -2.22. The number of ketones is 1. The van der Waals surface area contributed by atoms with Crippen LogP contribution in [0.1, 0.15) is 15.9 Å². The number of carbonyl (C=O) groups excluding carboxylic acids is 1. The third-order valence-corrected chi connectivity index (χ3v) is 3.88. The zero-order valence-corrected chi connectivity index (χ0v) is 12.4. The standard InChI is InChI=1S/C19H12O5/c20-17(13-9-11-5-1-3-7-15(11)23-18(13)21)14-10-12-6-2-4-8-16(12)24-19(14)22/h1-10,18,21H/t18-/m0/s1. The maximum atomic E-state index is 12.7. The maximum Gasteiger partial charge on any atom is 0.347 e. The molecule has 2 heterocycles. The van der Waals surface area contributed by atoms with E-state index in [2.05, 4.69) is 0 Å². The Labute approximate surface area is 136 Å². The molecule has 1 aliphatic heterocycles. The number of hydrogen-bond donors (Lipinski definition) is 1. The predicted molar refractivity (Wildman–Crippen MR) is 87.9 cm³/mol. The van der Waals surface area contributed by atoms with Crippen LogP contribution in [0.3, 0.4) is 0 Å². The third-order valence-electron chi connectivity index (χ3n) is 3.88. The molecule has 0 amide bonds. The van der Waals surface area contributed by atoms with E-state index in [1.807, 2.05) is 0 Å². The molecule has 24 heavy (non-hydrogen) atoms. The van der Waals surface area contributed by atoms with Crippen LogP contribution >= 0.6 is 0 Å². The normalized spacial score (nSPS) is 16.2. The number of aliphatic hydroxyl groups is 1. The highest BCUT2D eigenvalue weighted by Gasteiger charge is 2.28. The van der Waals surface area contributed by atoms with Gasteiger partial charge in [-0.15, -0.1) is 0 Å². The molecule has 0 radical (unpaired) electrons. The molecule has 5 heteroatoms. The molecule has 3 aromatic rings. The first-order chi connectivity index (χ1) is 11.6. The molecule has 0 aliphatic carbocycles. The first-order valence-corrected chi connectivity index (χ1v) is 7.36. The van der Waals surface area contributed by atoms with Crippen LogP contribution in [0.25, 0.3) is 17.0 Å². The Balaban J connectivity index is 1.83. The summed E-state index contributed by atoms with van der Waals surface area (Å²) in [7, 11) is 0. The summed E-state index contributed by atoms with van der Waals surface area (Å²) in [6.07, 6.45) is 0.0961. The molecule has 0 saturated carbocycles. The van der Waals surface area contributed by atoms with Crippen molar-refractivity contribution in [3.63, 3.8) is 0 Å². The van der Waals surface area contributed by atoms with Crippen molar-refractivity contribution in [3.8, 4) is 5.75 Å². The summed E-state index contributed by atoms with van der Waals surface area (Å²) in [4.78, 5) is 24.8. The van der Waals surface area contributed by atoms with Gasteiger partial charge in [-0.3, -0.25) is 4.79 Å². The minimum Gasteiger partial charge on any atom is -0.460 e. The van der Waals surface area contributed by atoms with Crippen molar-refractivity contribution < 1.29 is 19.1 Å². The summed E-state index contributed by atoms with van der Waals surface area (Å²) >= 11 is 0. The topological polar surface area (TPSA) is 76.7 Å². The second-order valence-corrected chi connectivity index (χ2v) is 5.42. The summed E-state index contributed by atoms with van der Waals surface area (Å²) in [6.45, 7) is 0. The van der Waals surface area contributed by atoms with Crippen molar-refractivity contribution in [2.45, 2.75) is 6.29 Å². The number of aliphatic hydroxyl groups excluding tert-OH is 1.